The Bertz CT molecular complexity index is 413. The molecule has 1 aromatic rings. The van der Waals surface area contributed by atoms with Gasteiger partial charge in [-0.15, -0.1) is 0 Å². The van der Waals surface area contributed by atoms with Gasteiger partial charge in [-0.05, 0) is 25.1 Å². The lowest BCUT2D eigenvalue weighted by Gasteiger charge is -2.25. The Morgan fingerprint density at radius 3 is 2.94 bits per heavy atom. The van der Waals surface area contributed by atoms with Crippen molar-refractivity contribution < 1.29 is 14.2 Å². The maximum Gasteiger partial charge on any atom is 0.196 e. The Labute approximate surface area is 106 Å². The van der Waals surface area contributed by atoms with Gasteiger partial charge in [0.05, 0.1) is 25.4 Å². The summed E-state index contributed by atoms with van der Waals surface area (Å²) >= 11 is 5.99. The number of nitrogens with two attached hydrogens (primary N) is 1. The van der Waals surface area contributed by atoms with Crippen LogP contribution < -0.4 is 10.5 Å². The van der Waals surface area contributed by atoms with Crippen LogP contribution in [-0.2, 0) is 15.3 Å². The van der Waals surface area contributed by atoms with Gasteiger partial charge in [0, 0.05) is 11.6 Å². The summed E-state index contributed by atoms with van der Waals surface area (Å²) in [6, 6.07) is 5.35. The second-order valence-electron chi connectivity index (χ2n) is 4.08. The molecule has 0 radical (unpaired) electrons. The average Bonchev–Trinajstić information content (AvgIpc) is 2.72. The lowest BCUT2D eigenvalue weighted by atomic mass is 10.1. The van der Waals surface area contributed by atoms with E-state index < -0.39 is 5.79 Å². The molecule has 0 bridgehead atoms. The van der Waals surface area contributed by atoms with Gasteiger partial charge in [-0.25, -0.2) is 0 Å². The molecular weight excluding hydrogens is 242 g/mol. The van der Waals surface area contributed by atoms with E-state index in [-0.39, 0.29) is 6.10 Å². The highest BCUT2D eigenvalue weighted by atomic mass is 35.5. The van der Waals surface area contributed by atoms with Crippen LogP contribution in [0.25, 0.3) is 0 Å². The van der Waals surface area contributed by atoms with E-state index in [1.54, 1.807) is 25.3 Å². The summed E-state index contributed by atoms with van der Waals surface area (Å²) in [6.07, 6.45) is -0.0938. The van der Waals surface area contributed by atoms with Crippen molar-refractivity contribution in [2.45, 2.75) is 18.8 Å². The van der Waals surface area contributed by atoms with Crippen LogP contribution in [0.3, 0.4) is 0 Å². The number of ether oxygens (including phenoxy) is 3. The summed E-state index contributed by atoms with van der Waals surface area (Å²) in [5, 5.41) is 0.616. The summed E-state index contributed by atoms with van der Waals surface area (Å²) in [5.74, 6) is -0.158. The average molecular weight is 258 g/mol. The maximum absolute atomic E-state index is 5.99. The fourth-order valence-corrected chi connectivity index (χ4v) is 2.10. The van der Waals surface area contributed by atoms with Gasteiger partial charge in [-0.2, -0.15) is 0 Å². The lowest BCUT2D eigenvalue weighted by Crippen LogP contribution is -2.27. The molecule has 2 N–H and O–H groups in total. The Morgan fingerprint density at radius 2 is 2.35 bits per heavy atom. The third kappa shape index (κ3) is 2.40. The number of halogens is 1. The first-order valence-electron chi connectivity index (χ1n) is 5.45. The zero-order valence-corrected chi connectivity index (χ0v) is 10.7. The van der Waals surface area contributed by atoms with Gasteiger partial charge in [0.1, 0.15) is 5.75 Å². The largest absolute Gasteiger partial charge is 0.496 e. The van der Waals surface area contributed by atoms with Gasteiger partial charge < -0.3 is 19.9 Å². The van der Waals surface area contributed by atoms with E-state index in [2.05, 4.69) is 0 Å². The minimum atomic E-state index is -0.847. The van der Waals surface area contributed by atoms with E-state index in [9.17, 15) is 0 Å². The van der Waals surface area contributed by atoms with Crippen molar-refractivity contribution in [2.75, 3.05) is 20.3 Å². The van der Waals surface area contributed by atoms with E-state index in [1.165, 1.54) is 0 Å². The second kappa shape index (κ2) is 4.82. The molecule has 1 aliphatic rings. The highest BCUT2D eigenvalue weighted by molar-refractivity contribution is 6.30. The quantitative estimate of drug-likeness (QED) is 0.899. The van der Waals surface area contributed by atoms with E-state index in [1.807, 2.05) is 6.92 Å². The van der Waals surface area contributed by atoms with Crippen molar-refractivity contribution in [1.29, 1.82) is 0 Å². The van der Waals surface area contributed by atoms with E-state index >= 15 is 0 Å². The number of hydrogen-bond acceptors (Lipinski definition) is 4. The molecule has 17 heavy (non-hydrogen) atoms. The minimum absolute atomic E-state index is 0.0938. The normalized spacial score (nSPS) is 28.4. The van der Waals surface area contributed by atoms with Crippen molar-refractivity contribution in [1.82, 2.24) is 0 Å². The molecule has 1 aromatic carbocycles. The number of benzene rings is 1. The van der Waals surface area contributed by atoms with Gasteiger partial charge in [-0.3, -0.25) is 0 Å². The third-order valence-electron chi connectivity index (χ3n) is 2.85. The van der Waals surface area contributed by atoms with Crippen LogP contribution in [0.2, 0.25) is 5.02 Å². The van der Waals surface area contributed by atoms with Crippen LogP contribution >= 0.6 is 11.6 Å². The predicted octanol–water partition coefficient (Wildman–Crippen LogP) is 1.90. The fourth-order valence-electron chi connectivity index (χ4n) is 1.93. The summed E-state index contributed by atoms with van der Waals surface area (Å²) < 4.78 is 16.8. The maximum atomic E-state index is 5.99. The Kier molecular flexibility index (Phi) is 3.58. The molecule has 2 unspecified atom stereocenters. The molecule has 0 aliphatic carbocycles. The Morgan fingerprint density at radius 1 is 1.59 bits per heavy atom. The fraction of sp³-hybridized carbons (Fsp3) is 0.500. The summed E-state index contributed by atoms with van der Waals surface area (Å²) in [4.78, 5) is 0. The molecular formula is C12H16ClNO3. The first-order chi connectivity index (χ1) is 8.09. The smallest absolute Gasteiger partial charge is 0.196 e. The van der Waals surface area contributed by atoms with Crippen molar-refractivity contribution in [2.24, 2.45) is 5.73 Å². The summed E-state index contributed by atoms with van der Waals surface area (Å²) in [7, 11) is 1.60. The molecule has 0 aromatic heterocycles. The first kappa shape index (κ1) is 12.6. The summed E-state index contributed by atoms with van der Waals surface area (Å²) in [5.41, 5.74) is 6.35. The Hall–Kier alpha value is -0.810. The molecule has 2 atom stereocenters. The monoisotopic (exact) mass is 257 g/mol. The van der Waals surface area contributed by atoms with E-state index in [4.69, 9.17) is 31.5 Å². The molecule has 94 valence electrons. The van der Waals surface area contributed by atoms with Gasteiger partial charge in [0.25, 0.3) is 0 Å². The van der Waals surface area contributed by atoms with Crippen molar-refractivity contribution >= 4 is 11.6 Å². The highest BCUT2D eigenvalue weighted by Gasteiger charge is 2.40. The molecule has 1 fully saturated rings. The Balaban J connectivity index is 2.36. The standard InChI is InChI=1S/C12H16ClNO3/c1-12(16-7-9(6-14)17-12)10-5-8(13)3-4-11(10)15-2/h3-5,9H,6-7,14H2,1-2H3. The third-order valence-corrected chi connectivity index (χ3v) is 3.08. The van der Waals surface area contributed by atoms with E-state index in [0.717, 1.165) is 5.56 Å². The number of methoxy groups -OCH3 is 1. The first-order valence-corrected chi connectivity index (χ1v) is 5.82. The van der Waals surface area contributed by atoms with Gasteiger partial charge >= 0.3 is 0 Å². The topological polar surface area (TPSA) is 53.7 Å². The predicted molar refractivity (Wildman–Crippen MR) is 65.2 cm³/mol. The van der Waals surface area contributed by atoms with Crippen molar-refractivity contribution in [3.05, 3.63) is 28.8 Å². The van der Waals surface area contributed by atoms with Crippen LogP contribution in [0, 0.1) is 0 Å². The van der Waals surface area contributed by atoms with Gasteiger partial charge in [0.2, 0.25) is 0 Å². The van der Waals surface area contributed by atoms with Crippen LogP contribution in [0.5, 0.6) is 5.75 Å². The van der Waals surface area contributed by atoms with Gasteiger partial charge in [-0.1, -0.05) is 11.6 Å². The van der Waals surface area contributed by atoms with Gasteiger partial charge in [0.15, 0.2) is 5.79 Å². The van der Waals surface area contributed by atoms with E-state index in [0.29, 0.717) is 23.9 Å². The van der Waals surface area contributed by atoms with Crippen LogP contribution in [0.1, 0.15) is 12.5 Å². The van der Waals surface area contributed by atoms with Crippen LogP contribution in [-0.4, -0.2) is 26.4 Å². The molecule has 1 saturated heterocycles. The molecule has 0 amide bonds. The zero-order chi connectivity index (χ0) is 12.5. The molecule has 0 spiro atoms. The molecule has 0 saturated carbocycles. The summed E-state index contributed by atoms with van der Waals surface area (Å²) in [6.45, 7) is 2.75. The number of rotatable bonds is 3. The minimum Gasteiger partial charge on any atom is -0.496 e. The second-order valence-corrected chi connectivity index (χ2v) is 4.51. The van der Waals surface area contributed by atoms with Crippen molar-refractivity contribution in [3.8, 4) is 5.75 Å². The lowest BCUT2D eigenvalue weighted by molar-refractivity contribution is -0.161. The SMILES string of the molecule is COc1ccc(Cl)cc1C1(C)OCC(CN)O1. The van der Waals surface area contributed by atoms with Crippen molar-refractivity contribution in [3.63, 3.8) is 0 Å². The zero-order valence-electron chi connectivity index (χ0n) is 9.90. The molecule has 2 rings (SSSR count). The molecule has 1 heterocycles. The molecule has 1 aliphatic heterocycles. The number of hydrogen-bond donors (Lipinski definition) is 1. The molecule has 4 nitrogen and oxygen atoms in total. The van der Waals surface area contributed by atoms with Crippen LogP contribution in [0.15, 0.2) is 18.2 Å². The highest BCUT2D eigenvalue weighted by Crippen LogP contribution is 2.39. The molecule has 5 heteroatoms. The van der Waals surface area contributed by atoms with Crippen LogP contribution in [0.4, 0.5) is 0 Å².